The third kappa shape index (κ3) is 6.67. The largest absolute Gasteiger partial charge is 0.463 e. The van der Waals surface area contributed by atoms with Gasteiger partial charge >= 0.3 is 5.97 Å². The molecule has 3 nitrogen and oxygen atoms in total. The molecule has 0 radical (unpaired) electrons. The van der Waals surface area contributed by atoms with Crippen LogP contribution in [0, 0.1) is 5.92 Å². The minimum atomic E-state index is -0.0958. The lowest BCUT2D eigenvalue weighted by atomic mass is 10.0. The summed E-state index contributed by atoms with van der Waals surface area (Å²) in [6, 6.07) is 0. The zero-order chi connectivity index (χ0) is 12.7. The molecular formula is C14H26O3. The number of hydrogen-bond donors (Lipinski definition) is 0. The third-order valence-electron chi connectivity index (χ3n) is 3.07. The van der Waals surface area contributed by atoms with Crippen LogP contribution < -0.4 is 0 Å². The number of carbonyl (C=O) groups is 1. The highest BCUT2D eigenvalue weighted by Gasteiger charge is 2.38. The van der Waals surface area contributed by atoms with Gasteiger partial charge in [-0.25, -0.2) is 0 Å². The molecule has 0 aliphatic carbocycles. The number of hydrogen-bond acceptors (Lipinski definition) is 3. The van der Waals surface area contributed by atoms with Crippen LogP contribution in [0.5, 0.6) is 0 Å². The van der Waals surface area contributed by atoms with Crippen LogP contribution in [0.2, 0.25) is 0 Å². The molecule has 2 atom stereocenters. The first kappa shape index (κ1) is 14.5. The van der Waals surface area contributed by atoms with Crippen molar-refractivity contribution in [1.29, 1.82) is 0 Å². The highest BCUT2D eigenvalue weighted by atomic mass is 16.6. The maximum atomic E-state index is 11.1. The van der Waals surface area contributed by atoms with Crippen molar-refractivity contribution >= 4 is 5.97 Å². The van der Waals surface area contributed by atoms with E-state index in [4.69, 9.17) is 9.47 Å². The van der Waals surface area contributed by atoms with Gasteiger partial charge in [-0.1, -0.05) is 40.0 Å². The van der Waals surface area contributed by atoms with Gasteiger partial charge in [0.05, 0.1) is 6.10 Å². The number of epoxide rings is 1. The first-order valence-electron chi connectivity index (χ1n) is 6.94. The Labute approximate surface area is 105 Å². The van der Waals surface area contributed by atoms with Gasteiger partial charge in [-0.2, -0.15) is 0 Å². The molecule has 17 heavy (non-hydrogen) atoms. The molecule has 3 heteroatoms. The van der Waals surface area contributed by atoms with Crippen molar-refractivity contribution in [3.8, 4) is 0 Å². The minimum Gasteiger partial charge on any atom is -0.463 e. The normalized spacial score (nSPS) is 22.8. The van der Waals surface area contributed by atoms with E-state index in [9.17, 15) is 4.79 Å². The molecule has 0 spiro atoms. The summed E-state index contributed by atoms with van der Waals surface area (Å²) in [4.78, 5) is 11.1. The lowest BCUT2D eigenvalue weighted by molar-refractivity contribution is -0.144. The number of esters is 1. The van der Waals surface area contributed by atoms with Gasteiger partial charge in [-0.05, 0) is 18.8 Å². The Morgan fingerprint density at radius 2 is 2.06 bits per heavy atom. The minimum absolute atomic E-state index is 0.0958. The lowest BCUT2D eigenvalue weighted by Gasteiger charge is -2.03. The summed E-state index contributed by atoms with van der Waals surface area (Å²) >= 11 is 0. The summed E-state index contributed by atoms with van der Waals surface area (Å²) in [5, 5.41) is 0. The molecule has 1 heterocycles. The molecule has 0 unspecified atom stereocenters. The fraction of sp³-hybridized carbons (Fsp3) is 0.929. The van der Waals surface area contributed by atoms with Gasteiger partial charge in [-0.15, -0.1) is 0 Å². The summed E-state index contributed by atoms with van der Waals surface area (Å²) < 4.78 is 10.6. The monoisotopic (exact) mass is 242 g/mol. The van der Waals surface area contributed by atoms with Crippen molar-refractivity contribution in [2.45, 2.75) is 71.5 Å². The van der Waals surface area contributed by atoms with Crippen LogP contribution in [0.4, 0.5) is 0 Å². The zero-order valence-electron chi connectivity index (χ0n) is 11.4. The van der Waals surface area contributed by atoms with Crippen LogP contribution >= 0.6 is 0 Å². The van der Waals surface area contributed by atoms with Crippen molar-refractivity contribution in [2.75, 3.05) is 6.61 Å². The SMILES string of the molecule is CCCC(=O)OC[C@@H]1O[C@@H]1CCCCC(C)C. The maximum absolute atomic E-state index is 11.1. The zero-order valence-corrected chi connectivity index (χ0v) is 11.4. The van der Waals surface area contributed by atoms with Gasteiger partial charge in [0.2, 0.25) is 0 Å². The maximum Gasteiger partial charge on any atom is 0.305 e. The van der Waals surface area contributed by atoms with Gasteiger partial charge in [0.15, 0.2) is 0 Å². The Morgan fingerprint density at radius 3 is 2.71 bits per heavy atom. The van der Waals surface area contributed by atoms with Gasteiger partial charge in [0, 0.05) is 6.42 Å². The Kier molecular flexibility index (Phi) is 6.56. The fourth-order valence-electron chi connectivity index (χ4n) is 1.93. The van der Waals surface area contributed by atoms with Crippen LogP contribution in [0.3, 0.4) is 0 Å². The summed E-state index contributed by atoms with van der Waals surface area (Å²) in [5.41, 5.74) is 0. The van der Waals surface area contributed by atoms with E-state index in [1.54, 1.807) is 0 Å². The smallest absolute Gasteiger partial charge is 0.305 e. The van der Waals surface area contributed by atoms with E-state index in [0.29, 0.717) is 19.1 Å². The van der Waals surface area contributed by atoms with Crippen molar-refractivity contribution in [2.24, 2.45) is 5.92 Å². The fourth-order valence-corrected chi connectivity index (χ4v) is 1.93. The van der Waals surface area contributed by atoms with E-state index in [0.717, 1.165) is 18.8 Å². The molecule has 0 aromatic heterocycles. The topological polar surface area (TPSA) is 38.8 Å². The lowest BCUT2D eigenvalue weighted by Crippen LogP contribution is -2.11. The Bertz CT molecular complexity index is 226. The average Bonchev–Trinajstić information content (AvgIpc) is 3.01. The van der Waals surface area contributed by atoms with Crippen LogP contribution in [-0.4, -0.2) is 24.8 Å². The Balaban J connectivity index is 1.93. The molecule has 0 saturated carbocycles. The van der Waals surface area contributed by atoms with Crippen LogP contribution in [0.1, 0.15) is 59.3 Å². The number of carbonyl (C=O) groups excluding carboxylic acids is 1. The quantitative estimate of drug-likeness (QED) is 0.354. The molecule has 1 saturated heterocycles. The Morgan fingerprint density at radius 1 is 1.29 bits per heavy atom. The van der Waals surface area contributed by atoms with Crippen LogP contribution in [-0.2, 0) is 14.3 Å². The van der Waals surface area contributed by atoms with Gasteiger partial charge in [0.25, 0.3) is 0 Å². The molecule has 0 N–H and O–H groups in total. The van der Waals surface area contributed by atoms with E-state index in [-0.39, 0.29) is 12.1 Å². The van der Waals surface area contributed by atoms with Gasteiger partial charge in [0.1, 0.15) is 12.7 Å². The molecule has 1 fully saturated rings. The summed E-state index contributed by atoms with van der Waals surface area (Å²) in [6.45, 7) is 6.94. The number of rotatable bonds is 9. The molecule has 100 valence electrons. The summed E-state index contributed by atoms with van der Waals surface area (Å²) in [7, 11) is 0. The van der Waals surface area contributed by atoms with E-state index < -0.39 is 0 Å². The van der Waals surface area contributed by atoms with E-state index >= 15 is 0 Å². The van der Waals surface area contributed by atoms with Crippen molar-refractivity contribution in [1.82, 2.24) is 0 Å². The van der Waals surface area contributed by atoms with E-state index in [1.807, 2.05) is 6.92 Å². The second-order valence-corrected chi connectivity index (χ2v) is 5.32. The molecule has 1 aliphatic rings. The van der Waals surface area contributed by atoms with E-state index in [2.05, 4.69) is 13.8 Å². The first-order chi connectivity index (χ1) is 8.13. The number of unbranched alkanes of at least 4 members (excludes halogenated alkanes) is 1. The van der Waals surface area contributed by atoms with E-state index in [1.165, 1.54) is 19.3 Å². The standard InChI is InChI=1S/C14H26O3/c1-4-7-14(15)16-10-13-12(17-13)9-6-5-8-11(2)3/h11-13H,4-10H2,1-3H3/t12-,13+/m1/s1. The predicted octanol–water partition coefficient (Wildman–Crippen LogP) is 3.31. The Hall–Kier alpha value is -0.570. The number of ether oxygens (including phenoxy) is 2. The molecule has 1 rings (SSSR count). The molecule has 1 aliphatic heterocycles. The average molecular weight is 242 g/mol. The predicted molar refractivity (Wildman–Crippen MR) is 67.8 cm³/mol. The molecule has 0 amide bonds. The highest BCUT2D eigenvalue weighted by Crippen LogP contribution is 2.28. The second kappa shape index (κ2) is 7.70. The van der Waals surface area contributed by atoms with Gasteiger partial charge in [-0.3, -0.25) is 4.79 Å². The molecule has 0 aromatic rings. The van der Waals surface area contributed by atoms with Crippen LogP contribution in [0.25, 0.3) is 0 Å². The van der Waals surface area contributed by atoms with Crippen LogP contribution in [0.15, 0.2) is 0 Å². The second-order valence-electron chi connectivity index (χ2n) is 5.32. The molecular weight excluding hydrogens is 216 g/mol. The van der Waals surface area contributed by atoms with Crippen molar-refractivity contribution < 1.29 is 14.3 Å². The first-order valence-corrected chi connectivity index (χ1v) is 6.94. The highest BCUT2D eigenvalue weighted by molar-refractivity contribution is 5.69. The van der Waals surface area contributed by atoms with Crippen molar-refractivity contribution in [3.05, 3.63) is 0 Å². The molecule has 0 aromatic carbocycles. The third-order valence-corrected chi connectivity index (χ3v) is 3.07. The molecule has 0 bridgehead atoms. The van der Waals surface area contributed by atoms with Gasteiger partial charge < -0.3 is 9.47 Å². The summed E-state index contributed by atoms with van der Waals surface area (Å²) in [6.07, 6.45) is 6.80. The van der Waals surface area contributed by atoms with Crippen molar-refractivity contribution in [3.63, 3.8) is 0 Å². The summed E-state index contributed by atoms with van der Waals surface area (Å²) in [5.74, 6) is 0.697.